The van der Waals surface area contributed by atoms with Crippen LogP contribution in [0.4, 0.5) is 5.95 Å². The van der Waals surface area contributed by atoms with Crippen LogP contribution in [0.25, 0.3) is 11.2 Å². The number of aromatic nitrogens is 4. The van der Waals surface area contributed by atoms with E-state index in [4.69, 9.17) is 9.47 Å². The van der Waals surface area contributed by atoms with Gasteiger partial charge in [-0.25, -0.2) is 4.98 Å². The molecule has 152 valence electrons. The van der Waals surface area contributed by atoms with Crippen molar-refractivity contribution in [2.75, 3.05) is 18.5 Å². The van der Waals surface area contributed by atoms with E-state index < -0.39 is 24.4 Å². The van der Waals surface area contributed by atoms with Crippen molar-refractivity contribution in [2.24, 2.45) is 11.8 Å². The van der Waals surface area contributed by atoms with E-state index in [-0.39, 0.29) is 36.9 Å². The molecule has 2 aromatic rings. The number of imidazole rings is 1. The van der Waals surface area contributed by atoms with Gasteiger partial charge < -0.3 is 19.7 Å². The summed E-state index contributed by atoms with van der Waals surface area (Å²) < 4.78 is 12.8. The predicted molar refractivity (Wildman–Crippen MR) is 101 cm³/mol. The van der Waals surface area contributed by atoms with Gasteiger partial charge in [-0.3, -0.25) is 14.7 Å². The van der Waals surface area contributed by atoms with Gasteiger partial charge in [0.1, 0.15) is 12.7 Å². The van der Waals surface area contributed by atoms with E-state index in [2.05, 4.69) is 26.8 Å². The number of aliphatic hydroxyl groups excluding tert-OH is 2. The summed E-state index contributed by atoms with van der Waals surface area (Å²) in [5, 5.41) is 23.1. The third kappa shape index (κ3) is 3.84. The van der Waals surface area contributed by atoms with Gasteiger partial charge in [0, 0.05) is 11.8 Å². The maximum absolute atomic E-state index is 12.1. The highest BCUT2D eigenvalue weighted by atomic mass is 16.5. The van der Waals surface area contributed by atoms with Gasteiger partial charge in [-0.2, -0.15) is 9.97 Å². The molecule has 3 N–H and O–H groups in total. The number of fused-ring (bicyclic) bond motifs is 1. The van der Waals surface area contributed by atoms with Crippen LogP contribution in [0.1, 0.15) is 27.0 Å². The standard InChI is InChI=1S/C18H25N5O5/c1-5-6-27-16-12-14(20-18(22-16)21-15(26)9(2)3)23(8-19-12)17-13(25)10(4)11(24)7-28-17/h5,8-11,13,17,24-25H,1,6-7H2,2-4H3,(H,20,21,22,26). The first-order valence-corrected chi connectivity index (χ1v) is 9.10. The molecule has 0 aromatic carbocycles. The molecule has 10 heteroatoms. The van der Waals surface area contributed by atoms with Gasteiger partial charge in [0.2, 0.25) is 17.7 Å². The molecule has 0 spiro atoms. The molecule has 1 aliphatic rings. The summed E-state index contributed by atoms with van der Waals surface area (Å²) in [6.45, 7) is 9.14. The Labute approximate surface area is 162 Å². The smallest absolute Gasteiger partial charge is 0.247 e. The Morgan fingerprint density at radius 2 is 2.25 bits per heavy atom. The molecule has 0 radical (unpaired) electrons. The van der Waals surface area contributed by atoms with Crippen molar-refractivity contribution in [1.82, 2.24) is 19.5 Å². The molecular formula is C18H25N5O5. The number of anilines is 1. The molecule has 1 fully saturated rings. The zero-order chi connectivity index (χ0) is 20.4. The first-order chi connectivity index (χ1) is 13.3. The Hall–Kier alpha value is -2.56. The molecule has 0 bridgehead atoms. The molecule has 4 unspecified atom stereocenters. The number of carbonyl (C=O) groups excluding carboxylic acids is 1. The summed E-state index contributed by atoms with van der Waals surface area (Å²) in [6.07, 6.45) is 0.505. The second kappa shape index (κ2) is 8.21. The summed E-state index contributed by atoms with van der Waals surface area (Å²) in [7, 11) is 0. The van der Waals surface area contributed by atoms with Crippen molar-refractivity contribution >= 4 is 23.0 Å². The molecule has 1 saturated heterocycles. The fraction of sp³-hybridized carbons (Fsp3) is 0.556. The Morgan fingerprint density at radius 3 is 2.93 bits per heavy atom. The van der Waals surface area contributed by atoms with E-state index in [0.29, 0.717) is 11.2 Å². The molecule has 4 atom stereocenters. The third-order valence-electron chi connectivity index (χ3n) is 4.64. The summed E-state index contributed by atoms with van der Waals surface area (Å²) in [5.74, 6) is -0.653. The average Bonchev–Trinajstić information content (AvgIpc) is 3.08. The largest absolute Gasteiger partial charge is 0.472 e. The number of rotatable bonds is 6. The maximum Gasteiger partial charge on any atom is 0.247 e. The molecule has 10 nitrogen and oxygen atoms in total. The second-order valence-electron chi connectivity index (χ2n) is 7.06. The van der Waals surface area contributed by atoms with Gasteiger partial charge >= 0.3 is 0 Å². The number of carbonyl (C=O) groups is 1. The van der Waals surface area contributed by atoms with E-state index in [0.717, 1.165) is 0 Å². The summed E-state index contributed by atoms with van der Waals surface area (Å²) in [4.78, 5) is 25.0. The fourth-order valence-corrected chi connectivity index (χ4v) is 2.81. The lowest BCUT2D eigenvalue weighted by Gasteiger charge is -2.36. The van der Waals surface area contributed by atoms with Crippen molar-refractivity contribution < 1.29 is 24.5 Å². The lowest BCUT2D eigenvalue weighted by molar-refractivity contribution is -0.182. The normalized spacial score (nSPS) is 25.1. The Morgan fingerprint density at radius 1 is 1.50 bits per heavy atom. The number of nitrogens with zero attached hydrogens (tertiary/aromatic N) is 4. The van der Waals surface area contributed by atoms with Crippen molar-refractivity contribution in [3.8, 4) is 5.88 Å². The highest BCUT2D eigenvalue weighted by Crippen LogP contribution is 2.32. The van der Waals surface area contributed by atoms with Gasteiger partial charge in [-0.1, -0.05) is 33.4 Å². The summed E-state index contributed by atoms with van der Waals surface area (Å²) in [6, 6.07) is 0. The Balaban J connectivity index is 2.04. The van der Waals surface area contributed by atoms with Gasteiger partial charge in [0.05, 0.1) is 19.0 Å². The highest BCUT2D eigenvalue weighted by Gasteiger charge is 2.38. The van der Waals surface area contributed by atoms with Crippen LogP contribution in [0.5, 0.6) is 5.88 Å². The van der Waals surface area contributed by atoms with Crippen LogP contribution in [0.3, 0.4) is 0 Å². The minimum Gasteiger partial charge on any atom is -0.472 e. The zero-order valence-electron chi connectivity index (χ0n) is 16.1. The molecule has 3 rings (SSSR count). The van der Waals surface area contributed by atoms with E-state index in [1.54, 1.807) is 31.4 Å². The molecule has 1 aliphatic heterocycles. The van der Waals surface area contributed by atoms with Crippen molar-refractivity contribution in [3.63, 3.8) is 0 Å². The third-order valence-corrected chi connectivity index (χ3v) is 4.64. The highest BCUT2D eigenvalue weighted by molar-refractivity contribution is 5.91. The Kier molecular flexibility index (Phi) is 5.92. The maximum atomic E-state index is 12.1. The van der Waals surface area contributed by atoms with Crippen LogP contribution in [0.15, 0.2) is 19.0 Å². The monoisotopic (exact) mass is 391 g/mol. The Bertz CT molecular complexity index is 867. The first kappa shape index (κ1) is 20.2. The second-order valence-corrected chi connectivity index (χ2v) is 7.06. The lowest BCUT2D eigenvalue weighted by Crippen LogP contribution is -2.45. The lowest BCUT2D eigenvalue weighted by atomic mass is 9.95. The van der Waals surface area contributed by atoms with Crippen LogP contribution in [-0.2, 0) is 9.53 Å². The van der Waals surface area contributed by atoms with Gasteiger partial charge in [-0.15, -0.1) is 0 Å². The van der Waals surface area contributed by atoms with Crippen LogP contribution in [0, 0.1) is 11.8 Å². The topological polar surface area (TPSA) is 132 Å². The van der Waals surface area contributed by atoms with E-state index >= 15 is 0 Å². The first-order valence-electron chi connectivity index (χ1n) is 9.10. The summed E-state index contributed by atoms with van der Waals surface area (Å²) in [5.41, 5.74) is 0.694. The number of hydrogen-bond acceptors (Lipinski definition) is 8. The van der Waals surface area contributed by atoms with Crippen molar-refractivity contribution in [2.45, 2.75) is 39.2 Å². The van der Waals surface area contributed by atoms with Crippen molar-refractivity contribution in [3.05, 3.63) is 19.0 Å². The number of hydrogen-bond donors (Lipinski definition) is 3. The number of ether oxygens (including phenoxy) is 2. The molecule has 0 saturated carbocycles. The number of nitrogens with one attached hydrogen (secondary N) is 1. The quantitative estimate of drug-likeness (QED) is 0.618. The number of amides is 1. The van der Waals surface area contributed by atoms with Gasteiger partial charge in [0.25, 0.3) is 0 Å². The molecule has 28 heavy (non-hydrogen) atoms. The van der Waals surface area contributed by atoms with E-state index in [9.17, 15) is 15.0 Å². The summed E-state index contributed by atoms with van der Waals surface area (Å²) >= 11 is 0. The fourth-order valence-electron chi connectivity index (χ4n) is 2.81. The molecule has 3 heterocycles. The zero-order valence-corrected chi connectivity index (χ0v) is 16.1. The van der Waals surface area contributed by atoms with Gasteiger partial charge in [-0.05, 0) is 0 Å². The van der Waals surface area contributed by atoms with Crippen LogP contribution in [-0.4, -0.2) is 61.1 Å². The van der Waals surface area contributed by atoms with Crippen LogP contribution in [0.2, 0.25) is 0 Å². The SMILES string of the molecule is C=CCOc1nc(NC(=O)C(C)C)nc2c1ncn2C1OCC(O)C(C)C1O. The van der Waals surface area contributed by atoms with Gasteiger partial charge in [0.15, 0.2) is 17.4 Å². The molecule has 2 aromatic heterocycles. The van der Waals surface area contributed by atoms with Crippen LogP contribution < -0.4 is 10.1 Å². The van der Waals surface area contributed by atoms with E-state index in [1.807, 2.05) is 0 Å². The molecule has 1 amide bonds. The van der Waals surface area contributed by atoms with Crippen LogP contribution >= 0.6 is 0 Å². The number of aliphatic hydroxyl groups is 2. The minimum atomic E-state index is -0.970. The minimum absolute atomic E-state index is 0.0606. The molecule has 0 aliphatic carbocycles. The average molecular weight is 391 g/mol. The van der Waals surface area contributed by atoms with E-state index in [1.165, 1.54) is 6.33 Å². The predicted octanol–water partition coefficient (Wildman–Crippen LogP) is 0.872. The molecular weight excluding hydrogens is 366 g/mol. The van der Waals surface area contributed by atoms with Crippen molar-refractivity contribution in [1.29, 1.82) is 0 Å².